The maximum absolute atomic E-state index is 8.93. The lowest BCUT2D eigenvalue weighted by Crippen LogP contribution is -2.25. The molecule has 1 aliphatic rings. The summed E-state index contributed by atoms with van der Waals surface area (Å²) in [6, 6.07) is 0. The normalized spacial score (nSPS) is 29.1. The molecule has 0 aromatic rings. The van der Waals surface area contributed by atoms with E-state index in [9.17, 15) is 0 Å². The first-order valence-corrected chi connectivity index (χ1v) is 4.57. The van der Waals surface area contributed by atoms with Crippen LogP contribution < -0.4 is 0 Å². The van der Waals surface area contributed by atoms with E-state index in [4.69, 9.17) is 19.3 Å². The summed E-state index contributed by atoms with van der Waals surface area (Å²) < 4.78 is 16.1. The minimum absolute atomic E-state index is 0.00579. The van der Waals surface area contributed by atoms with E-state index in [2.05, 4.69) is 0 Å². The van der Waals surface area contributed by atoms with E-state index >= 15 is 0 Å². The van der Waals surface area contributed by atoms with Gasteiger partial charge in [-0.3, -0.25) is 0 Å². The van der Waals surface area contributed by atoms with Gasteiger partial charge in [-0.1, -0.05) is 0 Å². The minimum atomic E-state index is -0.487. The van der Waals surface area contributed by atoms with E-state index in [1.54, 1.807) is 6.92 Å². The maximum Gasteiger partial charge on any atom is 0.163 e. The Balaban J connectivity index is 2.11. The predicted octanol–water partition coefficient (Wildman–Crippen LogP) is 0.535. The van der Waals surface area contributed by atoms with Crippen molar-refractivity contribution in [1.29, 1.82) is 0 Å². The quantitative estimate of drug-likeness (QED) is 0.702. The molecule has 1 heterocycles. The molecule has 1 rings (SSSR count). The predicted molar refractivity (Wildman–Crippen MR) is 47.4 cm³/mol. The van der Waals surface area contributed by atoms with Crippen molar-refractivity contribution in [3.8, 4) is 0 Å². The first-order valence-electron chi connectivity index (χ1n) is 4.57. The van der Waals surface area contributed by atoms with Gasteiger partial charge >= 0.3 is 0 Å². The molecule has 1 aliphatic heterocycles. The van der Waals surface area contributed by atoms with Crippen LogP contribution in [0, 0.1) is 0 Å². The van der Waals surface area contributed by atoms with Crippen LogP contribution in [0.3, 0.4) is 0 Å². The Hall–Kier alpha value is -0.160. The van der Waals surface area contributed by atoms with Gasteiger partial charge in [0, 0.05) is 0 Å². The van der Waals surface area contributed by atoms with Crippen molar-refractivity contribution in [2.24, 2.45) is 0 Å². The van der Waals surface area contributed by atoms with Gasteiger partial charge in [-0.15, -0.1) is 0 Å². The second-order valence-corrected chi connectivity index (χ2v) is 3.84. The molecule has 0 radical (unpaired) electrons. The molecule has 4 heteroatoms. The molecule has 4 nitrogen and oxygen atoms in total. The molecular formula is C9H18O4. The zero-order valence-electron chi connectivity index (χ0n) is 8.45. The molecule has 2 unspecified atom stereocenters. The summed E-state index contributed by atoms with van der Waals surface area (Å²) >= 11 is 0. The Bertz CT molecular complexity index is 156. The van der Waals surface area contributed by atoms with Crippen LogP contribution in [0.25, 0.3) is 0 Å². The topological polar surface area (TPSA) is 47.9 Å². The highest BCUT2D eigenvalue weighted by atomic mass is 16.7. The van der Waals surface area contributed by atoms with Gasteiger partial charge in [0.25, 0.3) is 0 Å². The Labute approximate surface area is 78.8 Å². The molecule has 1 N–H and O–H groups in total. The lowest BCUT2D eigenvalue weighted by molar-refractivity contribution is -0.146. The van der Waals surface area contributed by atoms with Crippen molar-refractivity contribution in [3.05, 3.63) is 0 Å². The third-order valence-corrected chi connectivity index (χ3v) is 1.73. The van der Waals surface area contributed by atoms with Crippen molar-refractivity contribution in [2.75, 3.05) is 19.8 Å². The van der Waals surface area contributed by atoms with Crippen molar-refractivity contribution >= 4 is 0 Å². The summed E-state index contributed by atoms with van der Waals surface area (Å²) in [5.41, 5.74) is 0. The fourth-order valence-corrected chi connectivity index (χ4v) is 1.22. The van der Waals surface area contributed by atoms with E-state index in [0.717, 1.165) is 0 Å². The Kier molecular flexibility index (Phi) is 3.67. The van der Waals surface area contributed by atoms with Gasteiger partial charge in [0.2, 0.25) is 0 Å². The molecule has 2 atom stereocenters. The Morgan fingerprint density at radius 2 is 2.31 bits per heavy atom. The zero-order chi connectivity index (χ0) is 9.90. The van der Waals surface area contributed by atoms with Crippen LogP contribution in [0.15, 0.2) is 0 Å². The number of hydrogen-bond donors (Lipinski definition) is 1. The fourth-order valence-electron chi connectivity index (χ4n) is 1.22. The van der Waals surface area contributed by atoms with Gasteiger partial charge in [0.05, 0.1) is 25.9 Å². The molecule has 0 aromatic carbocycles. The number of rotatable bonds is 4. The van der Waals surface area contributed by atoms with Crippen LogP contribution in [0.4, 0.5) is 0 Å². The van der Waals surface area contributed by atoms with Gasteiger partial charge in [-0.2, -0.15) is 0 Å². The summed E-state index contributed by atoms with van der Waals surface area (Å²) in [6.45, 7) is 6.83. The SMILES string of the molecule is CC(O)COCC1COC(C)(C)O1. The smallest absolute Gasteiger partial charge is 0.163 e. The average molecular weight is 190 g/mol. The molecule has 1 fully saturated rings. The minimum Gasteiger partial charge on any atom is -0.391 e. The molecule has 0 saturated carbocycles. The van der Waals surface area contributed by atoms with Crippen molar-refractivity contribution in [3.63, 3.8) is 0 Å². The second-order valence-electron chi connectivity index (χ2n) is 3.84. The Morgan fingerprint density at radius 3 is 2.77 bits per heavy atom. The largest absolute Gasteiger partial charge is 0.391 e. The lowest BCUT2D eigenvalue weighted by atomic mass is 10.4. The summed E-state index contributed by atoms with van der Waals surface area (Å²) in [5.74, 6) is -0.487. The van der Waals surface area contributed by atoms with Gasteiger partial charge in [-0.05, 0) is 20.8 Å². The molecule has 78 valence electrons. The Morgan fingerprint density at radius 1 is 1.62 bits per heavy atom. The van der Waals surface area contributed by atoms with Gasteiger partial charge in [-0.25, -0.2) is 0 Å². The first-order chi connectivity index (χ1) is 5.99. The van der Waals surface area contributed by atoms with Crippen LogP contribution in [0.1, 0.15) is 20.8 Å². The third-order valence-electron chi connectivity index (χ3n) is 1.73. The standard InChI is InChI=1S/C9H18O4/c1-7(10)4-11-5-8-6-12-9(2,3)13-8/h7-8,10H,4-6H2,1-3H3. The zero-order valence-corrected chi connectivity index (χ0v) is 8.45. The number of ether oxygens (including phenoxy) is 3. The molecule has 0 amide bonds. The van der Waals surface area contributed by atoms with E-state index in [1.807, 2.05) is 13.8 Å². The van der Waals surface area contributed by atoms with E-state index in [-0.39, 0.29) is 6.10 Å². The monoisotopic (exact) mass is 190 g/mol. The molecule has 13 heavy (non-hydrogen) atoms. The van der Waals surface area contributed by atoms with Gasteiger partial charge in [0.15, 0.2) is 5.79 Å². The van der Waals surface area contributed by atoms with E-state index in [1.165, 1.54) is 0 Å². The highest BCUT2D eigenvalue weighted by Gasteiger charge is 2.32. The molecule has 0 spiro atoms. The van der Waals surface area contributed by atoms with Gasteiger partial charge < -0.3 is 19.3 Å². The average Bonchev–Trinajstić information content (AvgIpc) is 2.29. The molecule has 0 aromatic heterocycles. The third kappa shape index (κ3) is 4.04. The summed E-state index contributed by atoms with van der Waals surface area (Å²) in [6.07, 6.45) is -0.427. The number of aliphatic hydroxyl groups excluding tert-OH is 1. The van der Waals surface area contributed by atoms with Crippen LogP contribution in [-0.4, -0.2) is 42.9 Å². The highest BCUT2D eigenvalue weighted by molar-refractivity contribution is 4.70. The van der Waals surface area contributed by atoms with E-state index in [0.29, 0.717) is 19.8 Å². The number of hydrogen-bond acceptors (Lipinski definition) is 4. The fraction of sp³-hybridized carbons (Fsp3) is 1.00. The lowest BCUT2D eigenvalue weighted by Gasteiger charge is -2.17. The molecular weight excluding hydrogens is 172 g/mol. The number of aliphatic hydroxyl groups is 1. The van der Waals surface area contributed by atoms with Crippen molar-refractivity contribution in [1.82, 2.24) is 0 Å². The molecule has 0 aliphatic carbocycles. The molecule has 0 bridgehead atoms. The van der Waals surface area contributed by atoms with Crippen LogP contribution in [0.2, 0.25) is 0 Å². The summed E-state index contributed by atoms with van der Waals surface area (Å²) in [5, 5.41) is 8.93. The van der Waals surface area contributed by atoms with Crippen molar-refractivity contribution in [2.45, 2.75) is 38.8 Å². The first kappa shape index (κ1) is 10.9. The van der Waals surface area contributed by atoms with E-state index < -0.39 is 11.9 Å². The van der Waals surface area contributed by atoms with Crippen molar-refractivity contribution < 1.29 is 19.3 Å². The molecule has 1 saturated heterocycles. The summed E-state index contributed by atoms with van der Waals surface area (Å²) in [4.78, 5) is 0. The highest BCUT2D eigenvalue weighted by Crippen LogP contribution is 2.22. The maximum atomic E-state index is 8.93. The van der Waals surface area contributed by atoms with Crippen LogP contribution in [-0.2, 0) is 14.2 Å². The van der Waals surface area contributed by atoms with Crippen LogP contribution >= 0.6 is 0 Å². The van der Waals surface area contributed by atoms with Crippen LogP contribution in [0.5, 0.6) is 0 Å². The summed E-state index contributed by atoms with van der Waals surface area (Å²) in [7, 11) is 0. The second kappa shape index (κ2) is 4.37. The van der Waals surface area contributed by atoms with Gasteiger partial charge in [0.1, 0.15) is 6.10 Å².